The Balaban J connectivity index is 2.35. The molecule has 1 heterocycles. The number of nitrogen functional groups attached to an aromatic ring is 1. The van der Waals surface area contributed by atoms with E-state index in [2.05, 4.69) is 10.2 Å². The Morgan fingerprint density at radius 3 is 2.85 bits per heavy atom. The van der Waals surface area contributed by atoms with Crippen LogP contribution in [0.4, 0.5) is 10.3 Å². The summed E-state index contributed by atoms with van der Waals surface area (Å²) < 4.78 is 5.22. The highest BCUT2D eigenvalue weighted by Gasteiger charge is 2.05. The average Bonchev–Trinajstić information content (AvgIpc) is 2.52. The van der Waals surface area contributed by atoms with Gasteiger partial charge in [-0.3, -0.25) is 0 Å². The van der Waals surface area contributed by atoms with Crippen LogP contribution in [0.15, 0.2) is 0 Å². The second kappa shape index (κ2) is 4.98. The first-order chi connectivity index (χ1) is 6.24. The van der Waals surface area contributed by atoms with Crippen molar-refractivity contribution in [3.63, 3.8) is 0 Å². The zero-order valence-corrected chi connectivity index (χ0v) is 8.67. The van der Waals surface area contributed by atoms with Gasteiger partial charge in [-0.15, -0.1) is 10.2 Å². The summed E-state index contributed by atoms with van der Waals surface area (Å²) in [5.74, 6) is 0. The highest BCUT2D eigenvalue weighted by atomic mass is 32.1. The Labute approximate surface area is 81.5 Å². The Morgan fingerprint density at radius 1 is 1.54 bits per heavy atom. The minimum absolute atomic E-state index is 0.498. The summed E-state index contributed by atoms with van der Waals surface area (Å²) in [5.41, 5.74) is 5.46. The smallest absolute Gasteiger partial charge is 0.209 e. The van der Waals surface area contributed by atoms with Crippen molar-refractivity contribution in [2.45, 2.75) is 6.92 Å². The van der Waals surface area contributed by atoms with E-state index in [4.69, 9.17) is 10.5 Å². The molecule has 0 aliphatic heterocycles. The average molecular weight is 202 g/mol. The van der Waals surface area contributed by atoms with Crippen molar-refractivity contribution in [1.29, 1.82) is 0 Å². The molecule has 0 spiro atoms. The highest BCUT2D eigenvalue weighted by Crippen LogP contribution is 2.19. The van der Waals surface area contributed by atoms with Crippen molar-refractivity contribution >= 4 is 21.6 Å². The van der Waals surface area contributed by atoms with Gasteiger partial charge in [0, 0.05) is 20.2 Å². The van der Waals surface area contributed by atoms with Crippen LogP contribution in [-0.2, 0) is 4.74 Å². The van der Waals surface area contributed by atoms with Crippen LogP contribution in [0.3, 0.4) is 0 Å². The Bertz CT molecular complexity index is 252. The summed E-state index contributed by atoms with van der Waals surface area (Å²) in [6.45, 7) is 4.23. The van der Waals surface area contributed by atoms with Gasteiger partial charge in [-0.1, -0.05) is 11.3 Å². The molecule has 0 aromatic carbocycles. The van der Waals surface area contributed by atoms with Gasteiger partial charge in [-0.2, -0.15) is 0 Å². The molecule has 74 valence electrons. The van der Waals surface area contributed by atoms with E-state index < -0.39 is 0 Å². The maximum absolute atomic E-state index is 5.46. The van der Waals surface area contributed by atoms with Crippen molar-refractivity contribution in [3.05, 3.63) is 0 Å². The molecule has 0 amide bonds. The quantitative estimate of drug-likeness (QED) is 0.708. The monoisotopic (exact) mass is 202 g/mol. The highest BCUT2D eigenvalue weighted by molar-refractivity contribution is 7.18. The third-order valence-corrected chi connectivity index (χ3v) is 2.40. The summed E-state index contributed by atoms with van der Waals surface area (Å²) in [6, 6.07) is 0. The molecule has 13 heavy (non-hydrogen) atoms. The van der Waals surface area contributed by atoms with Crippen molar-refractivity contribution in [2.75, 3.05) is 37.4 Å². The Kier molecular flexibility index (Phi) is 3.91. The van der Waals surface area contributed by atoms with E-state index >= 15 is 0 Å². The van der Waals surface area contributed by atoms with Crippen molar-refractivity contribution in [2.24, 2.45) is 0 Å². The molecular formula is C7H14N4OS. The normalized spacial score (nSPS) is 10.3. The third-order valence-electron chi connectivity index (χ3n) is 1.53. The number of anilines is 2. The van der Waals surface area contributed by atoms with E-state index in [0.717, 1.165) is 18.3 Å². The minimum atomic E-state index is 0.498. The standard InChI is InChI=1S/C7H14N4OS/c1-3-12-5-4-11(2)7-10-9-6(8)13-7/h3-5H2,1-2H3,(H2,8,9). The van der Waals surface area contributed by atoms with E-state index in [1.165, 1.54) is 11.3 Å². The lowest BCUT2D eigenvalue weighted by Gasteiger charge is -2.13. The van der Waals surface area contributed by atoms with Crippen LogP contribution in [0.5, 0.6) is 0 Å². The zero-order chi connectivity index (χ0) is 9.68. The van der Waals surface area contributed by atoms with Gasteiger partial charge in [-0.05, 0) is 6.92 Å². The number of hydrogen-bond acceptors (Lipinski definition) is 6. The van der Waals surface area contributed by atoms with Crippen LogP contribution in [0, 0.1) is 0 Å². The first-order valence-corrected chi connectivity index (χ1v) is 4.93. The van der Waals surface area contributed by atoms with E-state index in [0.29, 0.717) is 11.7 Å². The lowest BCUT2D eigenvalue weighted by Crippen LogP contribution is -2.22. The lowest BCUT2D eigenvalue weighted by atomic mass is 10.6. The lowest BCUT2D eigenvalue weighted by molar-refractivity contribution is 0.154. The molecule has 0 fully saturated rings. The van der Waals surface area contributed by atoms with Crippen LogP contribution in [0.2, 0.25) is 0 Å². The molecule has 1 aromatic rings. The molecule has 1 aromatic heterocycles. The van der Waals surface area contributed by atoms with Crippen LogP contribution >= 0.6 is 11.3 Å². The van der Waals surface area contributed by atoms with Crippen LogP contribution in [0.1, 0.15) is 6.92 Å². The van der Waals surface area contributed by atoms with E-state index in [-0.39, 0.29) is 0 Å². The van der Waals surface area contributed by atoms with E-state index in [9.17, 15) is 0 Å². The van der Waals surface area contributed by atoms with Gasteiger partial charge < -0.3 is 15.4 Å². The molecule has 0 saturated carbocycles. The van der Waals surface area contributed by atoms with E-state index in [1.54, 1.807) is 0 Å². The van der Waals surface area contributed by atoms with Gasteiger partial charge in [0.25, 0.3) is 0 Å². The topological polar surface area (TPSA) is 64.3 Å². The molecule has 0 saturated heterocycles. The molecule has 6 heteroatoms. The summed E-state index contributed by atoms with van der Waals surface area (Å²) in [7, 11) is 1.94. The molecule has 5 nitrogen and oxygen atoms in total. The fourth-order valence-electron chi connectivity index (χ4n) is 0.822. The molecule has 0 radical (unpaired) electrons. The molecule has 0 atom stereocenters. The Hall–Kier alpha value is -0.880. The molecule has 1 rings (SSSR count). The van der Waals surface area contributed by atoms with Gasteiger partial charge in [0.15, 0.2) is 0 Å². The zero-order valence-electron chi connectivity index (χ0n) is 7.86. The molecule has 2 N–H and O–H groups in total. The van der Waals surface area contributed by atoms with Gasteiger partial charge in [-0.25, -0.2) is 0 Å². The van der Waals surface area contributed by atoms with Gasteiger partial charge >= 0.3 is 0 Å². The van der Waals surface area contributed by atoms with Crippen molar-refractivity contribution in [1.82, 2.24) is 10.2 Å². The maximum Gasteiger partial charge on any atom is 0.209 e. The second-order valence-electron chi connectivity index (χ2n) is 2.54. The van der Waals surface area contributed by atoms with Crippen LogP contribution in [0.25, 0.3) is 0 Å². The third kappa shape index (κ3) is 3.16. The number of rotatable bonds is 5. The number of aromatic nitrogens is 2. The Morgan fingerprint density at radius 2 is 2.31 bits per heavy atom. The molecule has 0 aliphatic rings. The predicted octanol–water partition coefficient (Wildman–Crippen LogP) is 0.593. The maximum atomic E-state index is 5.46. The number of likely N-dealkylation sites (N-methyl/N-ethyl adjacent to an activating group) is 1. The van der Waals surface area contributed by atoms with Crippen LogP contribution < -0.4 is 10.6 Å². The fourth-order valence-corrected chi connectivity index (χ4v) is 1.42. The minimum Gasteiger partial charge on any atom is -0.380 e. The number of ether oxygens (including phenoxy) is 1. The molecule has 0 aliphatic carbocycles. The summed E-state index contributed by atoms with van der Waals surface area (Å²) in [4.78, 5) is 1.98. The first-order valence-electron chi connectivity index (χ1n) is 4.12. The number of nitrogens with two attached hydrogens (primary N) is 1. The summed E-state index contributed by atoms with van der Waals surface area (Å²) in [5, 5.41) is 8.97. The van der Waals surface area contributed by atoms with Gasteiger partial charge in [0.2, 0.25) is 10.3 Å². The summed E-state index contributed by atoms with van der Waals surface area (Å²) in [6.07, 6.45) is 0. The van der Waals surface area contributed by atoms with Gasteiger partial charge in [0.05, 0.1) is 6.61 Å². The second-order valence-corrected chi connectivity index (χ2v) is 3.53. The summed E-state index contributed by atoms with van der Waals surface area (Å²) >= 11 is 1.38. The largest absolute Gasteiger partial charge is 0.380 e. The first kappa shape index (κ1) is 10.2. The number of hydrogen-bond donors (Lipinski definition) is 1. The molecule has 0 bridgehead atoms. The van der Waals surface area contributed by atoms with Crippen molar-refractivity contribution < 1.29 is 4.74 Å². The number of nitrogens with zero attached hydrogens (tertiary/aromatic N) is 3. The van der Waals surface area contributed by atoms with Crippen LogP contribution in [-0.4, -0.2) is 37.0 Å². The predicted molar refractivity (Wildman–Crippen MR) is 54.1 cm³/mol. The molecule has 0 unspecified atom stereocenters. The molecular weight excluding hydrogens is 188 g/mol. The van der Waals surface area contributed by atoms with E-state index in [1.807, 2.05) is 18.9 Å². The fraction of sp³-hybridized carbons (Fsp3) is 0.714. The SMILES string of the molecule is CCOCCN(C)c1nnc(N)s1. The van der Waals surface area contributed by atoms with Gasteiger partial charge in [0.1, 0.15) is 0 Å². The van der Waals surface area contributed by atoms with Crippen molar-refractivity contribution in [3.8, 4) is 0 Å².